The molecular formula is C19H20N5+. The van der Waals surface area contributed by atoms with Crippen LogP contribution in [0.1, 0.15) is 11.1 Å². The number of nitriles is 1. The molecule has 2 aliphatic heterocycles. The Balaban J connectivity index is 1.52. The van der Waals surface area contributed by atoms with Crippen molar-refractivity contribution in [2.24, 2.45) is 10.3 Å². The molecule has 0 saturated carbocycles. The van der Waals surface area contributed by atoms with Crippen LogP contribution < -0.4 is 5.01 Å². The van der Waals surface area contributed by atoms with E-state index in [0.717, 1.165) is 29.8 Å². The van der Waals surface area contributed by atoms with Crippen molar-refractivity contribution in [1.29, 1.82) is 5.26 Å². The number of likely N-dealkylation sites (N-methyl/N-ethyl adjacent to an activating group) is 1. The van der Waals surface area contributed by atoms with Crippen LogP contribution in [0.15, 0.2) is 64.9 Å². The number of nitrogens with zero attached hydrogens (tertiary/aromatic N) is 5. The molecular weight excluding hydrogens is 298 g/mol. The summed E-state index contributed by atoms with van der Waals surface area (Å²) >= 11 is 0. The number of rotatable bonds is 3. The topological polar surface area (TPSA) is 51.8 Å². The van der Waals surface area contributed by atoms with Gasteiger partial charge in [0.15, 0.2) is 0 Å². The van der Waals surface area contributed by atoms with Crippen LogP contribution in [-0.4, -0.2) is 36.7 Å². The average molecular weight is 318 g/mol. The monoisotopic (exact) mass is 318 g/mol. The van der Waals surface area contributed by atoms with E-state index in [-0.39, 0.29) is 6.04 Å². The second-order valence-corrected chi connectivity index (χ2v) is 6.97. The zero-order valence-corrected chi connectivity index (χ0v) is 13.7. The van der Waals surface area contributed by atoms with Gasteiger partial charge in [-0.1, -0.05) is 35.6 Å². The maximum absolute atomic E-state index is 8.94. The first kappa shape index (κ1) is 14.9. The van der Waals surface area contributed by atoms with Gasteiger partial charge in [0.2, 0.25) is 0 Å². The third kappa shape index (κ3) is 2.66. The number of benzene rings is 2. The summed E-state index contributed by atoms with van der Waals surface area (Å²) in [6.45, 7) is 3.05. The van der Waals surface area contributed by atoms with Gasteiger partial charge in [-0.15, -0.1) is 0 Å². The lowest BCUT2D eigenvalue weighted by atomic mass is 10.1. The van der Waals surface area contributed by atoms with Gasteiger partial charge in [0, 0.05) is 5.56 Å². The Morgan fingerprint density at radius 3 is 2.58 bits per heavy atom. The second kappa shape index (κ2) is 5.73. The molecule has 1 fully saturated rings. The van der Waals surface area contributed by atoms with Gasteiger partial charge < -0.3 is 4.48 Å². The van der Waals surface area contributed by atoms with E-state index in [1.807, 2.05) is 29.3 Å². The van der Waals surface area contributed by atoms with Crippen LogP contribution in [0, 0.1) is 11.3 Å². The van der Waals surface area contributed by atoms with Gasteiger partial charge in [0.25, 0.3) is 0 Å². The van der Waals surface area contributed by atoms with Crippen LogP contribution in [0.5, 0.6) is 0 Å². The maximum Gasteiger partial charge on any atom is 0.150 e. The van der Waals surface area contributed by atoms with Crippen LogP contribution >= 0.6 is 0 Å². The Labute approximate surface area is 142 Å². The number of likely N-dealkylation sites (tertiary alicyclic amines) is 1. The van der Waals surface area contributed by atoms with Crippen LogP contribution in [0.3, 0.4) is 0 Å². The zero-order chi connectivity index (χ0) is 16.6. The van der Waals surface area contributed by atoms with Gasteiger partial charge in [-0.3, -0.25) is 0 Å². The van der Waals surface area contributed by atoms with E-state index in [2.05, 4.69) is 53.8 Å². The van der Waals surface area contributed by atoms with Crippen molar-refractivity contribution in [2.45, 2.75) is 18.6 Å². The first-order valence-corrected chi connectivity index (χ1v) is 8.24. The van der Waals surface area contributed by atoms with Crippen LogP contribution in [-0.2, 0) is 6.54 Å². The van der Waals surface area contributed by atoms with Gasteiger partial charge in [-0.25, -0.2) is 5.01 Å². The molecule has 5 heteroatoms. The fourth-order valence-corrected chi connectivity index (χ4v) is 3.85. The van der Waals surface area contributed by atoms with E-state index in [0.29, 0.717) is 11.6 Å². The predicted molar refractivity (Wildman–Crippen MR) is 92.1 cm³/mol. The zero-order valence-electron chi connectivity index (χ0n) is 13.7. The molecule has 120 valence electrons. The van der Waals surface area contributed by atoms with Crippen LogP contribution in [0.2, 0.25) is 0 Å². The lowest BCUT2D eigenvalue weighted by molar-refractivity contribution is -0.911. The van der Waals surface area contributed by atoms with Gasteiger partial charge >= 0.3 is 0 Å². The van der Waals surface area contributed by atoms with Gasteiger partial charge in [-0.2, -0.15) is 10.4 Å². The first-order valence-electron chi connectivity index (χ1n) is 8.24. The fraction of sp³-hybridized carbons (Fsp3) is 0.316. The number of anilines is 1. The molecule has 4 rings (SSSR count). The van der Waals surface area contributed by atoms with E-state index in [1.165, 1.54) is 5.56 Å². The molecule has 0 bridgehead atoms. The molecule has 3 atom stereocenters. The summed E-state index contributed by atoms with van der Waals surface area (Å²) in [6.07, 6.45) is 0. The largest absolute Gasteiger partial charge is 0.319 e. The average Bonchev–Trinajstić information content (AvgIpc) is 3.12. The highest BCUT2D eigenvalue weighted by Gasteiger charge is 2.49. The molecule has 0 spiro atoms. The van der Waals surface area contributed by atoms with E-state index in [9.17, 15) is 0 Å². The molecule has 0 aromatic heterocycles. The molecule has 0 aliphatic carbocycles. The van der Waals surface area contributed by atoms with Gasteiger partial charge in [0.05, 0.1) is 24.4 Å². The first-order chi connectivity index (χ1) is 11.7. The standard InChI is InChI=1S/C19H20N5/c1-24(12-16-5-3-2-4-6-16)13-18-19(14-24)23(22-21-18)17-9-7-15(11-20)8-10-17/h2-10,18-19H,12-14H2,1H3/q+1/t18-,19+,24?/m0/s1. The SMILES string of the molecule is C[N+]1(Cc2ccccc2)C[C@@H]2N=NN(c3ccc(C#N)cc3)[C@@H]2C1. The van der Waals surface area contributed by atoms with Crippen LogP contribution in [0.4, 0.5) is 5.69 Å². The number of quaternary nitrogens is 1. The van der Waals surface area contributed by atoms with E-state index < -0.39 is 0 Å². The Kier molecular flexibility index (Phi) is 3.55. The molecule has 2 aromatic carbocycles. The van der Waals surface area contributed by atoms with Crippen molar-refractivity contribution in [1.82, 2.24) is 0 Å². The van der Waals surface area contributed by atoms with Crippen molar-refractivity contribution >= 4 is 5.69 Å². The highest BCUT2D eigenvalue weighted by molar-refractivity contribution is 5.50. The summed E-state index contributed by atoms with van der Waals surface area (Å²) in [5.41, 5.74) is 3.04. The minimum Gasteiger partial charge on any atom is -0.319 e. The third-order valence-corrected chi connectivity index (χ3v) is 4.98. The van der Waals surface area contributed by atoms with Gasteiger partial charge in [0.1, 0.15) is 31.7 Å². The molecule has 5 nitrogen and oxygen atoms in total. The highest BCUT2D eigenvalue weighted by atomic mass is 15.6. The van der Waals surface area contributed by atoms with Crippen molar-refractivity contribution in [3.63, 3.8) is 0 Å². The number of fused-ring (bicyclic) bond motifs is 1. The van der Waals surface area contributed by atoms with Crippen molar-refractivity contribution < 1.29 is 4.48 Å². The van der Waals surface area contributed by atoms with Crippen molar-refractivity contribution in [3.8, 4) is 6.07 Å². The molecule has 2 heterocycles. The van der Waals surface area contributed by atoms with E-state index in [1.54, 1.807) is 0 Å². The summed E-state index contributed by atoms with van der Waals surface area (Å²) in [5, 5.41) is 19.9. The predicted octanol–water partition coefficient (Wildman–Crippen LogP) is 3.14. The Hall–Kier alpha value is -2.71. The summed E-state index contributed by atoms with van der Waals surface area (Å²) in [6, 6.07) is 20.9. The summed E-state index contributed by atoms with van der Waals surface area (Å²) in [5.74, 6) is 0. The Bertz CT molecular complexity index is 793. The molecule has 0 amide bonds. The Morgan fingerprint density at radius 1 is 1.12 bits per heavy atom. The molecule has 1 unspecified atom stereocenters. The third-order valence-electron chi connectivity index (χ3n) is 4.98. The molecule has 24 heavy (non-hydrogen) atoms. The lowest BCUT2D eigenvalue weighted by Crippen LogP contribution is -2.43. The molecule has 1 saturated heterocycles. The lowest BCUT2D eigenvalue weighted by Gasteiger charge is -2.31. The van der Waals surface area contributed by atoms with Crippen molar-refractivity contribution in [2.75, 3.05) is 25.1 Å². The maximum atomic E-state index is 8.94. The molecule has 2 aromatic rings. The number of hydrogen-bond acceptors (Lipinski definition) is 4. The normalized spacial score (nSPS) is 27.9. The quantitative estimate of drug-likeness (QED) is 0.816. The minimum atomic E-state index is 0.245. The summed E-state index contributed by atoms with van der Waals surface area (Å²) in [4.78, 5) is 0. The van der Waals surface area contributed by atoms with E-state index in [4.69, 9.17) is 5.26 Å². The summed E-state index contributed by atoms with van der Waals surface area (Å²) in [7, 11) is 2.30. The highest BCUT2D eigenvalue weighted by Crippen LogP contribution is 2.34. The van der Waals surface area contributed by atoms with Crippen LogP contribution in [0.25, 0.3) is 0 Å². The fourth-order valence-electron chi connectivity index (χ4n) is 3.85. The summed E-state index contributed by atoms with van der Waals surface area (Å²) < 4.78 is 0.977. The Morgan fingerprint density at radius 2 is 1.88 bits per heavy atom. The molecule has 0 N–H and O–H groups in total. The minimum absolute atomic E-state index is 0.245. The van der Waals surface area contributed by atoms with Crippen molar-refractivity contribution in [3.05, 3.63) is 65.7 Å². The second-order valence-electron chi connectivity index (χ2n) is 6.97. The van der Waals surface area contributed by atoms with Gasteiger partial charge in [-0.05, 0) is 24.3 Å². The smallest absolute Gasteiger partial charge is 0.150 e. The van der Waals surface area contributed by atoms with E-state index >= 15 is 0 Å². The molecule has 2 aliphatic rings. The number of hydrogen-bond donors (Lipinski definition) is 0. The molecule has 0 radical (unpaired) electrons.